The monoisotopic (exact) mass is 732 g/mol. The van der Waals surface area contributed by atoms with E-state index in [4.69, 9.17) is 18.5 Å². The molecule has 0 bridgehead atoms. The van der Waals surface area contributed by atoms with Crippen LogP contribution in [0.1, 0.15) is 117 Å². The summed E-state index contributed by atoms with van der Waals surface area (Å²) in [6.45, 7) is 4.00. The first-order valence-electron chi connectivity index (χ1n) is 18.5. The summed E-state index contributed by atoms with van der Waals surface area (Å²) < 4.78 is 33.8. The van der Waals surface area contributed by atoms with Crippen LogP contribution in [0.2, 0.25) is 0 Å². The number of carbonyl (C=O) groups is 1. The number of phosphoric acid groups is 1. The highest BCUT2D eigenvalue weighted by Gasteiger charge is 2.51. The quantitative estimate of drug-likeness (QED) is 0.0237. The number of hydrogen-bond donors (Lipinski definition) is 6. The van der Waals surface area contributed by atoms with Crippen LogP contribution < -0.4 is 0 Å². The first-order chi connectivity index (χ1) is 24.0. The molecule has 0 amide bonds. The van der Waals surface area contributed by atoms with E-state index in [1.165, 1.54) is 44.9 Å². The van der Waals surface area contributed by atoms with Gasteiger partial charge in [0.1, 0.15) is 42.7 Å². The fourth-order valence-electron chi connectivity index (χ4n) is 5.25. The van der Waals surface area contributed by atoms with Crippen LogP contribution >= 0.6 is 7.82 Å². The van der Waals surface area contributed by atoms with Gasteiger partial charge in [0, 0.05) is 13.0 Å². The van der Waals surface area contributed by atoms with Gasteiger partial charge < -0.3 is 39.9 Å². The van der Waals surface area contributed by atoms with Gasteiger partial charge in [0.05, 0.1) is 13.2 Å². The maximum absolute atomic E-state index is 12.7. The van der Waals surface area contributed by atoms with Crippen molar-refractivity contribution < 1.29 is 58.3 Å². The van der Waals surface area contributed by atoms with Gasteiger partial charge in [-0.25, -0.2) is 4.57 Å². The Bertz CT molecular complexity index is 1020. The van der Waals surface area contributed by atoms with Crippen molar-refractivity contribution in [2.24, 2.45) is 0 Å². The molecule has 1 saturated carbocycles. The average Bonchev–Trinajstić information content (AvgIpc) is 3.09. The molecule has 0 heterocycles. The molecule has 12 nitrogen and oxygen atoms in total. The predicted octanol–water partition coefficient (Wildman–Crippen LogP) is 5.74. The third-order valence-corrected chi connectivity index (χ3v) is 9.21. The summed E-state index contributed by atoms with van der Waals surface area (Å²) in [5.74, 6) is -0.560. The first kappa shape index (κ1) is 46.3. The topological polar surface area (TPSA) is 192 Å². The van der Waals surface area contributed by atoms with Crippen LogP contribution in [0.4, 0.5) is 0 Å². The molecule has 50 heavy (non-hydrogen) atoms. The molecule has 290 valence electrons. The highest BCUT2D eigenvalue weighted by atomic mass is 31.2. The fraction of sp³-hybridized carbons (Fsp3) is 0.757. The number of esters is 1. The van der Waals surface area contributed by atoms with Gasteiger partial charge in [0.2, 0.25) is 0 Å². The van der Waals surface area contributed by atoms with Crippen molar-refractivity contribution in [3.05, 3.63) is 48.6 Å². The van der Waals surface area contributed by atoms with Crippen LogP contribution in [0.25, 0.3) is 0 Å². The molecule has 0 saturated heterocycles. The van der Waals surface area contributed by atoms with Crippen molar-refractivity contribution in [1.82, 2.24) is 0 Å². The molecule has 1 rings (SSSR count). The molecule has 13 heteroatoms. The van der Waals surface area contributed by atoms with E-state index < -0.39 is 63.1 Å². The lowest BCUT2D eigenvalue weighted by Crippen LogP contribution is -2.64. The van der Waals surface area contributed by atoms with E-state index in [2.05, 4.69) is 44.2 Å². The molecule has 0 aromatic carbocycles. The molecule has 1 fully saturated rings. The van der Waals surface area contributed by atoms with Crippen LogP contribution in [0.15, 0.2) is 48.6 Å². The average molecular weight is 733 g/mol. The lowest BCUT2D eigenvalue weighted by atomic mass is 9.85. The summed E-state index contributed by atoms with van der Waals surface area (Å²) >= 11 is 0. The molecule has 0 aromatic rings. The molecule has 1 aliphatic carbocycles. The van der Waals surface area contributed by atoms with Gasteiger partial charge in [-0.3, -0.25) is 13.8 Å². The van der Waals surface area contributed by atoms with Crippen molar-refractivity contribution in [3.8, 4) is 0 Å². The molecule has 6 N–H and O–H groups in total. The minimum Gasteiger partial charge on any atom is -0.457 e. The van der Waals surface area contributed by atoms with Crippen molar-refractivity contribution >= 4 is 13.8 Å². The largest absolute Gasteiger partial charge is 0.472 e. The lowest BCUT2D eigenvalue weighted by molar-refractivity contribution is -0.220. The Labute approximate surface area is 299 Å². The van der Waals surface area contributed by atoms with Crippen molar-refractivity contribution in [1.29, 1.82) is 0 Å². The van der Waals surface area contributed by atoms with E-state index in [1.807, 2.05) is 18.2 Å². The van der Waals surface area contributed by atoms with Crippen LogP contribution in [-0.4, -0.2) is 98.9 Å². The zero-order chi connectivity index (χ0) is 37.0. The fourth-order valence-corrected chi connectivity index (χ4v) is 6.22. The third kappa shape index (κ3) is 21.6. The normalized spacial score (nSPS) is 24.9. The van der Waals surface area contributed by atoms with Gasteiger partial charge in [0.15, 0.2) is 0 Å². The number of carbonyl (C=O) groups excluding carboxylic acids is 1. The van der Waals surface area contributed by atoms with E-state index in [-0.39, 0.29) is 13.0 Å². The number of hydrogen-bond acceptors (Lipinski definition) is 11. The summed E-state index contributed by atoms with van der Waals surface area (Å²) in [7, 11) is -5.02. The van der Waals surface area contributed by atoms with Gasteiger partial charge in [0.25, 0.3) is 0 Å². The maximum Gasteiger partial charge on any atom is 0.472 e. The van der Waals surface area contributed by atoms with Crippen LogP contribution in [0.5, 0.6) is 0 Å². The maximum atomic E-state index is 12.7. The highest BCUT2D eigenvalue weighted by molar-refractivity contribution is 7.47. The Morgan fingerprint density at radius 2 is 1.14 bits per heavy atom. The van der Waals surface area contributed by atoms with Gasteiger partial charge in [-0.15, -0.1) is 0 Å². The predicted molar refractivity (Wildman–Crippen MR) is 193 cm³/mol. The number of allylic oxidation sites excluding steroid dienone is 8. The zero-order valence-electron chi connectivity index (χ0n) is 30.2. The highest BCUT2D eigenvalue weighted by Crippen LogP contribution is 2.47. The summed E-state index contributed by atoms with van der Waals surface area (Å²) in [6, 6.07) is 0. The van der Waals surface area contributed by atoms with E-state index in [0.717, 1.165) is 44.9 Å². The standard InChI is InChI=1S/C37H65O12P/c1-3-5-7-9-11-13-15-16-17-18-20-22-24-26-31(38)48-30(28-46-27-25-23-21-19-14-12-10-8-6-4-2)29-47-50(44,45)49-37-35(42)33(40)32(39)34(41)36(37)43/h5,7,11,13,16-17,20,22,30,32-37,39-43H,3-4,6,8-10,12,14-15,18-19,21,23-29H2,1-2H3,(H,44,45)/b7-5-,13-11-,17-16-,22-20-. The molecule has 1 aliphatic rings. The van der Waals surface area contributed by atoms with Gasteiger partial charge in [-0.2, -0.15) is 0 Å². The van der Waals surface area contributed by atoms with Gasteiger partial charge in [-0.1, -0.05) is 120 Å². The Morgan fingerprint density at radius 1 is 0.660 bits per heavy atom. The number of ether oxygens (including phenoxy) is 2. The number of phosphoric ester groups is 1. The number of rotatable bonds is 29. The molecular weight excluding hydrogens is 667 g/mol. The number of aliphatic hydroxyl groups is 5. The molecule has 0 radical (unpaired) electrons. The van der Waals surface area contributed by atoms with Crippen LogP contribution in [0.3, 0.4) is 0 Å². The minimum absolute atomic E-state index is 0.0645. The Hall–Kier alpha value is -1.70. The molecular formula is C37H65O12P. The molecule has 0 aromatic heterocycles. The zero-order valence-corrected chi connectivity index (χ0v) is 31.1. The SMILES string of the molecule is CC/C=C\C/C=C\C/C=C\C/C=C\CCC(=O)OC(COCCCCCCCCCCCC)COP(=O)(O)OC1C(O)C(O)C(O)C(O)C1O. The van der Waals surface area contributed by atoms with Crippen molar-refractivity contribution in [2.45, 2.75) is 159 Å². The van der Waals surface area contributed by atoms with E-state index in [1.54, 1.807) is 0 Å². The summed E-state index contributed by atoms with van der Waals surface area (Å²) in [4.78, 5) is 22.9. The van der Waals surface area contributed by atoms with E-state index in [0.29, 0.717) is 13.0 Å². The lowest BCUT2D eigenvalue weighted by Gasteiger charge is -2.41. The Morgan fingerprint density at radius 3 is 1.68 bits per heavy atom. The molecule has 6 unspecified atom stereocenters. The Balaban J connectivity index is 2.56. The molecule has 6 atom stereocenters. The van der Waals surface area contributed by atoms with Crippen LogP contribution in [-0.2, 0) is 27.9 Å². The van der Waals surface area contributed by atoms with Crippen LogP contribution in [0, 0.1) is 0 Å². The van der Waals surface area contributed by atoms with Crippen molar-refractivity contribution in [3.63, 3.8) is 0 Å². The molecule has 0 aliphatic heterocycles. The number of aliphatic hydroxyl groups excluding tert-OH is 5. The molecule has 0 spiro atoms. The van der Waals surface area contributed by atoms with Crippen molar-refractivity contribution in [2.75, 3.05) is 19.8 Å². The third-order valence-electron chi connectivity index (χ3n) is 8.23. The second-order valence-corrected chi connectivity index (χ2v) is 14.1. The summed E-state index contributed by atoms with van der Waals surface area (Å²) in [5.41, 5.74) is 0. The van der Waals surface area contributed by atoms with Gasteiger partial charge >= 0.3 is 13.8 Å². The Kier molecular flexibility index (Phi) is 26.7. The minimum atomic E-state index is -5.02. The second-order valence-electron chi connectivity index (χ2n) is 12.7. The van der Waals surface area contributed by atoms with E-state index >= 15 is 0 Å². The van der Waals surface area contributed by atoms with E-state index in [9.17, 15) is 39.8 Å². The summed E-state index contributed by atoms with van der Waals surface area (Å²) in [6.07, 6.45) is 19.3. The van der Waals surface area contributed by atoms with Gasteiger partial charge in [-0.05, 0) is 38.5 Å². The summed E-state index contributed by atoms with van der Waals surface area (Å²) in [5, 5.41) is 49.9. The second kappa shape index (κ2) is 28.8. The number of unbranched alkanes of at least 4 members (excludes halogenated alkanes) is 9. The first-order valence-corrected chi connectivity index (χ1v) is 20.0. The smallest absolute Gasteiger partial charge is 0.457 e.